The fraction of sp³-hybridized carbons (Fsp3) is 0.0857. The molecule has 0 spiro atoms. The molecule has 39 heavy (non-hydrogen) atoms. The van der Waals surface area contributed by atoms with Crippen LogP contribution >= 0.6 is 0 Å². The van der Waals surface area contributed by atoms with Crippen LogP contribution < -0.4 is 9.80 Å². The molecule has 0 saturated heterocycles. The van der Waals surface area contributed by atoms with Gasteiger partial charge in [-0.05, 0) is 46.5 Å². The fourth-order valence-electron chi connectivity index (χ4n) is 7.17. The van der Waals surface area contributed by atoms with Crippen LogP contribution in [0.2, 0.25) is 0 Å². The summed E-state index contributed by atoms with van der Waals surface area (Å²) in [6, 6.07) is 35.3. The van der Waals surface area contributed by atoms with Crippen molar-refractivity contribution in [2.45, 2.75) is 5.66 Å². The lowest BCUT2D eigenvalue weighted by Gasteiger charge is -2.47. The van der Waals surface area contributed by atoms with Gasteiger partial charge in [0, 0.05) is 23.5 Å². The molecule has 0 radical (unpaired) electrons. The first-order chi connectivity index (χ1) is 19.3. The number of benzene rings is 4. The summed E-state index contributed by atoms with van der Waals surface area (Å²) >= 11 is 0. The van der Waals surface area contributed by atoms with Crippen molar-refractivity contribution in [3.05, 3.63) is 155 Å². The van der Waals surface area contributed by atoms with E-state index in [1.54, 1.807) is 0 Å². The van der Waals surface area contributed by atoms with E-state index >= 15 is 0 Å². The van der Waals surface area contributed by atoms with Crippen LogP contribution in [0.25, 0.3) is 23.3 Å². The van der Waals surface area contributed by atoms with Gasteiger partial charge in [0.25, 0.3) is 0 Å². The van der Waals surface area contributed by atoms with Crippen molar-refractivity contribution in [3.8, 4) is 11.1 Å². The number of anilines is 2. The Kier molecular flexibility index (Phi) is 4.07. The van der Waals surface area contributed by atoms with Crippen LogP contribution in [0.15, 0.2) is 133 Å². The van der Waals surface area contributed by atoms with Gasteiger partial charge in [0.15, 0.2) is 5.66 Å². The second-order valence-corrected chi connectivity index (χ2v) is 10.7. The van der Waals surface area contributed by atoms with E-state index in [9.17, 15) is 0 Å². The highest BCUT2D eigenvalue weighted by Gasteiger charge is 2.54. The number of hydrogen-bond donors (Lipinski definition) is 0. The average molecular weight is 503 g/mol. The highest BCUT2D eigenvalue weighted by Crippen LogP contribution is 2.56. The molecule has 186 valence electrons. The van der Waals surface area contributed by atoms with Crippen LogP contribution in [0.1, 0.15) is 22.3 Å². The number of hydrogen-bond acceptors (Lipinski definition) is 4. The smallest absolute Gasteiger partial charge is 0.169 e. The largest absolute Gasteiger partial charge is 0.327 e. The van der Waals surface area contributed by atoms with Crippen LogP contribution in [-0.2, 0) is 5.66 Å². The molecule has 5 aliphatic rings. The molecule has 4 nitrogen and oxygen atoms in total. The first kappa shape index (κ1) is 21.0. The second kappa shape index (κ2) is 7.55. The topological polar surface area (TPSA) is 13.0 Å². The summed E-state index contributed by atoms with van der Waals surface area (Å²) in [6.45, 7) is 1.54. The molecule has 4 aliphatic heterocycles. The van der Waals surface area contributed by atoms with Crippen molar-refractivity contribution >= 4 is 23.5 Å². The average Bonchev–Trinajstić information content (AvgIpc) is 3.70. The van der Waals surface area contributed by atoms with Gasteiger partial charge in [0.2, 0.25) is 0 Å². The lowest BCUT2D eigenvalue weighted by molar-refractivity contribution is 0.0522. The molecule has 0 saturated carbocycles. The summed E-state index contributed by atoms with van der Waals surface area (Å²) in [6.07, 6.45) is 13.7. The first-order valence-electron chi connectivity index (χ1n) is 13.6. The zero-order valence-corrected chi connectivity index (χ0v) is 21.4. The van der Waals surface area contributed by atoms with E-state index in [1.165, 1.54) is 56.1 Å². The van der Waals surface area contributed by atoms with Crippen molar-refractivity contribution in [2.75, 3.05) is 23.1 Å². The Bertz CT molecular complexity index is 1680. The molecule has 4 heterocycles. The summed E-state index contributed by atoms with van der Waals surface area (Å²) in [4.78, 5) is 10.0. The highest BCUT2D eigenvalue weighted by molar-refractivity contribution is 5.83. The Hall–Kier alpha value is -4.96. The number of allylic oxidation sites excluding steroid dienone is 2. The molecule has 9 rings (SSSR count). The van der Waals surface area contributed by atoms with Crippen LogP contribution in [0.4, 0.5) is 11.4 Å². The Balaban J connectivity index is 1.26. The van der Waals surface area contributed by atoms with Gasteiger partial charge < -0.3 is 19.6 Å². The Morgan fingerprint density at radius 2 is 0.897 bits per heavy atom. The standard InChI is InChI=1S/C35H26N4/c1-7-15-33-25(9-1)17-19-27-21-36(23-38(27)33)35(31-13-5-3-11-29(31)30-12-4-6-14-32(30)35)37-22-28-20-18-26-10-2-8-16-34(26)39(28)24-37/h1-22H,23-24H2. The van der Waals surface area contributed by atoms with Gasteiger partial charge in [0.1, 0.15) is 0 Å². The van der Waals surface area contributed by atoms with E-state index in [0.717, 1.165) is 13.3 Å². The normalized spacial score (nSPS) is 18.7. The number of rotatable bonds is 2. The van der Waals surface area contributed by atoms with Gasteiger partial charge in [0.05, 0.1) is 36.1 Å². The summed E-state index contributed by atoms with van der Waals surface area (Å²) in [5.74, 6) is 0. The van der Waals surface area contributed by atoms with Gasteiger partial charge in [-0.1, -0.05) is 97.1 Å². The van der Waals surface area contributed by atoms with Crippen LogP contribution in [-0.4, -0.2) is 23.1 Å². The van der Waals surface area contributed by atoms with Crippen LogP contribution in [0.3, 0.4) is 0 Å². The fourth-order valence-corrected chi connectivity index (χ4v) is 7.17. The van der Waals surface area contributed by atoms with Crippen molar-refractivity contribution in [3.63, 3.8) is 0 Å². The van der Waals surface area contributed by atoms with Crippen molar-refractivity contribution in [2.24, 2.45) is 0 Å². The molecule has 0 unspecified atom stereocenters. The van der Waals surface area contributed by atoms with Crippen molar-refractivity contribution in [1.82, 2.24) is 9.80 Å². The molecular weight excluding hydrogens is 476 g/mol. The number of para-hydroxylation sites is 2. The maximum atomic E-state index is 2.56. The van der Waals surface area contributed by atoms with E-state index in [1.807, 2.05) is 0 Å². The van der Waals surface area contributed by atoms with E-state index in [0.29, 0.717) is 0 Å². The summed E-state index contributed by atoms with van der Waals surface area (Å²) < 4.78 is 0. The second-order valence-electron chi connectivity index (χ2n) is 10.7. The van der Waals surface area contributed by atoms with Gasteiger partial charge in [-0.15, -0.1) is 0 Å². The minimum Gasteiger partial charge on any atom is -0.327 e. The molecule has 0 bridgehead atoms. The quantitative estimate of drug-likeness (QED) is 0.288. The lowest BCUT2D eigenvalue weighted by Crippen LogP contribution is -2.55. The molecule has 4 aromatic rings. The zero-order valence-electron chi connectivity index (χ0n) is 21.4. The van der Waals surface area contributed by atoms with E-state index in [4.69, 9.17) is 0 Å². The van der Waals surface area contributed by atoms with Gasteiger partial charge >= 0.3 is 0 Å². The maximum Gasteiger partial charge on any atom is 0.169 e. The predicted octanol–water partition coefficient (Wildman–Crippen LogP) is 7.16. The van der Waals surface area contributed by atoms with Crippen LogP contribution in [0, 0.1) is 0 Å². The molecule has 0 amide bonds. The molecule has 4 heteroatoms. The summed E-state index contributed by atoms with van der Waals surface area (Å²) in [5, 5.41) is 0. The van der Waals surface area contributed by atoms with Gasteiger partial charge in [-0.25, -0.2) is 0 Å². The Labute approximate surface area is 228 Å². The third-order valence-electron chi connectivity index (χ3n) is 8.84. The third-order valence-corrected chi connectivity index (χ3v) is 8.84. The molecule has 1 aliphatic carbocycles. The minimum atomic E-state index is -0.493. The number of nitrogens with zero attached hydrogens (tertiary/aromatic N) is 4. The molecule has 4 aromatic carbocycles. The lowest BCUT2D eigenvalue weighted by atomic mass is 9.93. The van der Waals surface area contributed by atoms with E-state index in [2.05, 4.69) is 153 Å². The highest BCUT2D eigenvalue weighted by atomic mass is 15.5. The van der Waals surface area contributed by atoms with Crippen molar-refractivity contribution in [1.29, 1.82) is 0 Å². The molecule has 0 aromatic heterocycles. The molecule has 0 N–H and O–H groups in total. The zero-order chi connectivity index (χ0) is 25.6. The van der Waals surface area contributed by atoms with Crippen molar-refractivity contribution < 1.29 is 0 Å². The Morgan fingerprint density at radius 1 is 0.462 bits per heavy atom. The summed E-state index contributed by atoms with van der Waals surface area (Å²) in [5.41, 5.74) is 12.3. The molecule has 0 fully saturated rings. The predicted molar refractivity (Wildman–Crippen MR) is 158 cm³/mol. The summed E-state index contributed by atoms with van der Waals surface area (Å²) in [7, 11) is 0. The van der Waals surface area contributed by atoms with Crippen LogP contribution in [0.5, 0.6) is 0 Å². The molecule has 0 atom stereocenters. The first-order valence-corrected chi connectivity index (χ1v) is 13.6. The number of fused-ring (bicyclic) bond motifs is 9. The van der Waals surface area contributed by atoms with Gasteiger partial charge in [-0.3, -0.25) is 0 Å². The van der Waals surface area contributed by atoms with E-state index in [-0.39, 0.29) is 0 Å². The molecular formula is C35H26N4. The van der Waals surface area contributed by atoms with E-state index < -0.39 is 5.66 Å². The Morgan fingerprint density at radius 3 is 1.41 bits per heavy atom. The maximum absolute atomic E-state index is 2.56. The third kappa shape index (κ3) is 2.68. The SMILES string of the molecule is C1=Cc2ccccc2N2CN(C3(N4C=C5C=Cc6ccccc6N5C4)c4ccccc4-c4ccccc43)C=C12. The minimum absolute atomic E-state index is 0.493. The monoisotopic (exact) mass is 502 g/mol. The van der Waals surface area contributed by atoms with Gasteiger partial charge in [-0.2, -0.15) is 0 Å².